The Labute approximate surface area is 123 Å². The average Bonchev–Trinajstić information content (AvgIpc) is 2.23. The van der Waals surface area contributed by atoms with Gasteiger partial charge in [-0.05, 0) is 17.8 Å². The number of ketones is 1. The van der Waals surface area contributed by atoms with Crippen molar-refractivity contribution in [2.24, 2.45) is 11.3 Å². The molecule has 6 nitrogen and oxygen atoms in total. The van der Waals surface area contributed by atoms with Crippen molar-refractivity contribution in [1.29, 1.82) is 5.41 Å². The molecule has 2 fully saturated rings. The molecule has 0 aromatic rings. The molecule has 0 spiro atoms. The molecule has 0 radical (unpaired) electrons. The summed E-state index contributed by atoms with van der Waals surface area (Å²) in [6, 6.07) is 0. The lowest BCUT2D eigenvalue weighted by Crippen LogP contribution is -2.39. The summed E-state index contributed by atoms with van der Waals surface area (Å²) in [5.41, 5.74) is -0.0494. The Balaban J connectivity index is 2.16. The van der Waals surface area contributed by atoms with Crippen LogP contribution in [-0.4, -0.2) is 28.4 Å². The molecular weight excluding hydrogens is 272 g/mol. The Hall–Kier alpha value is -1.98. The molecule has 0 atom stereocenters. The molecule has 2 rings (SSSR count). The number of amides is 2. The van der Waals surface area contributed by atoms with Gasteiger partial charge in [0, 0.05) is 31.4 Å². The first kappa shape index (κ1) is 15.4. The van der Waals surface area contributed by atoms with Gasteiger partial charge in [0.2, 0.25) is 11.8 Å². The van der Waals surface area contributed by atoms with Crippen LogP contribution in [0, 0.1) is 16.7 Å². The zero-order valence-corrected chi connectivity index (χ0v) is 12.3. The smallest absolute Gasteiger partial charge is 0.226 e. The minimum atomic E-state index is -0.361. The van der Waals surface area contributed by atoms with Gasteiger partial charge in [0.1, 0.15) is 5.76 Å². The van der Waals surface area contributed by atoms with E-state index in [1.54, 1.807) is 0 Å². The first-order valence-corrected chi connectivity index (χ1v) is 7.04. The summed E-state index contributed by atoms with van der Waals surface area (Å²) in [4.78, 5) is 34.8. The number of carbonyl (C=O) groups excluding carboxylic acids is 3. The zero-order valence-electron chi connectivity index (χ0n) is 12.3. The lowest BCUT2D eigenvalue weighted by molar-refractivity contribution is -0.134. The molecule has 1 aliphatic heterocycles. The van der Waals surface area contributed by atoms with Crippen LogP contribution in [-0.2, 0) is 14.4 Å². The third-order valence-corrected chi connectivity index (χ3v) is 3.87. The summed E-state index contributed by atoms with van der Waals surface area (Å²) in [6.07, 6.45) is 1.11. The molecule has 0 bridgehead atoms. The van der Waals surface area contributed by atoms with Crippen LogP contribution in [0.3, 0.4) is 0 Å². The van der Waals surface area contributed by atoms with Gasteiger partial charge in [-0.25, -0.2) is 0 Å². The number of carbonyl (C=O) groups is 3. The predicted molar refractivity (Wildman–Crippen MR) is 75.9 cm³/mol. The summed E-state index contributed by atoms with van der Waals surface area (Å²) in [6.45, 7) is 3.83. The number of allylic oxidation sites excluding steroid dienone is 2. The highest BCUT2D eigenvalue weighted by molar-refractivity contribution is 6.23. The van der Waals surface area contributed by atoms with Gasteiger partial charge in [0.05, 0.1) is 5.57 Å². The molecule has 0 unspecified atom stereocenters. The van der Waals surface area contributed by atoms with Crippen molar-refractivity contribution in [2.45, 2.75) is 46.0 Å². The van der Waals surface area contributed by atoms with E-state index in [1.807, 2.05) is 13.8 Å². The number of hydrogen-bond acceptors (Lipinski definition) is 5. The maximum absolute atomic E-state index is 12.1. The summed E-state index contributed by atoms with van der Waals surface area (Å²) in [5.74, 6) is -1.43. The third kappa shape index (κ3) is 3.56. The Bertz CT molecular complexity index is 522. The maximum atomic E-state index is 12.1. The maximum Gasteiger partial charge on any atom is 0.226 e. The van der Waals surface area contributed by atoms with Crippen molar-refractivity contribution < 1.29 is 19.5 Å². The summed E-state index contributed by atoms with van der Waals surface area (Å²) < 4.78 is 0. The monoisotopic (exact) mass is 292 g/mol. The normalized spacial score (nSPS) is 25.8. The minimum Gasteiger partial charge on any atom is -0.511 e. The van der Waals surface area contributed by atoms with Gasteiger partial charge in [-0.15, -0.1) is 0 Å². The average molecular weight is 292 g/mol. The Kier molecular flexibility index (Phi) is 3.98. The number of imide groups is 1. The molecule has 21 heavy (non-hydrogen) atoms. The van der Waals surface area contributed by atoms with Crippen LogP contribution < -0.4 is 5.32 Å². The standard InChI is InChI=1S/C15H20N2O4/c1-15(2)6-9(16)14(11(19)7-15)10(18)3-8-4-12(20)17-13(21)5-8/h8,16,18H,3-7H2,1-2H3,(H,17,20,21)/b14-10-,16-9?. The van der Waals surface area contributed by atoms with Gasteiger partial charge in [-0.2, -0.15) is 0 Å². The molecule has 1 saturated heterocycles. The van der Waals surface area contributed by atoms with Gasteiger partial charge in [0.15, 0.2) is 5.78 Å². The molecule has 6 heteroatoms. The molecular formula is C15H20N2O4. The fraction of sp³-hybridized carbons (Fsp3) is 0.600. The number of rotatable bonds is 2. The quantitative estimate of drug-likeness (QED) is 0.408. The fourth-order valence-corrected chi connectivity index (χ4v) is 3.03. The number of nitrogens with one attached hydrogen (secondary N) is 2. The van der Waals surface area contributed by atoms with Crippen molar-refractivity contribution >= 4 is 23.3 Å². The lowest BCUT2D eigenvalue weighted by Gasteiger charge is -2.31. The van der Waals surface area contributed by atoms with E-state index in [2.05, 4.69) is 5.32 Å². The number of piperidine rings is 1. The Morgan fingerprint density at radius 3 is 2.33 bits per heavy atom. The fourth-order valence-electron chi connectivity index (χ4n) is 3.03. The largest absolute Gasteiger partial charge is 0.511 e. The van der Waals surface area contributed by atoms with Crippen molar-refractivity contribution in [3.05, 3.63) is 11.3 Å². The second-order valence-electron chi connectivity index (χ2n) is 6.69. The summed E-state index contributed by atoms with van der Waals surface area (Å²) in [5, 5.41) is 20.4. The van der Waals surface area contributed by atoms with Gasteiger partial charge in [0.25, 0.3) is 0 Å². The van der Waals surface area contributed by atoms with Crippen molar-refractivity contribution in [2.75, 3.05) is 0 Å². The van der Waals surface area contributed by atoms with Crippen LogP contribution >= 0.6 is 0 Å². The molecule has 0 aromatic carbocycles. The second-order valence-corrected chi connectivity index (χ2v) is 6.69. The van der Waals surface area contributed by atoms with Crippen molar-refractivity contribution in [3.8, 4) is 0 Å². The second kappa shape index (κ2) is 5.42. The molecule has 2 aliphatic rings. The third-order valence-electron chi connectivity index (χ3n) is 3.87. The van der Waals surface area contributed by atoms with E-state index in [9.17, 15) is 19.5 Å². The lowest BCUT2D eigenvalue weighted by atomic mass is 9.73. The van der Waals surface area contributed by atoms with Crippen LogP contribution in [0.2, 0.25) is 0 Å². The van der Waals surface area contributed by atoms with Gasteiger partial charge in [-0.1, -0.05) is 13.8 Å². The first-order chi connectivity index (χ1) is 9.68. The van der Waals surface area contributed by atoms with Gasteiger partial charge >= 0.3 is 0 Å². The van der Waals surface area contributed by atoms with Crippen LogP contribution in [0.5, 0.6) is 0 Å². The highest BCUT2D eigenvalue weighted by atomic mass is 16.3. The molecule has 1 saturated carbocycles. The molecule has 0 aromatic heterocycles. The number of aliphatic hydroxyl groups excluding tert-OH is 1. The van der Waals surface area contributed by atoms with Gasteiger partial charge in [-0.3, -0.25) is 19.7 Å². The van der Waals surface area contributed by atoms with E-state index in [4.69, 9.17) is 5.41 Å². The van der Waals surface area contributed by atoms with Crippen molar-refractivity contribution in [1.82, 2.24) is 5.32 Å². The molecule has 114 valence electrons. The summed E-state index contributed by atoms with van der Waals surface area (Å²) >= 11 is 0. The van der Waals surface area contributed by atoms with Crippen LogP contribution in [0.4, 0.5) is 0 Å². The number of aliphatic hydroxyl groups is 1. The topological polar surface area (TPSA) is 107 Å². The SMILES string of the molecule is CC1(C)CC(=N)/C(=C(/O)CC2CC(=O)NC(=O)C2)C(=O)C1. The molecule has 3 N–H and O–H groups in total. The van der Waals surface area contributed by atoms with Crippen molar-refractivity contribution in [3.63, 3.8) is 0 Å². The van der Waals surface area contributed by atoms with Crippen LogP contribution in [0.25, 0.3) is 0 Å². The summed E-state index contributed by atoms with van der Waals surface area (Å²) in [7, 11) is 0. The Morgan fingerprint density at radius 2 is 1.81 bits per heavy atom. The van der Waals surface area contributed by atoms with E-state index < -0.39 is 0 Å². The highest BCUT2D eigenvalue weighted by Gasteiger charge is 2.36. The minimum absolute atomic E-state index is 0.0766. The van der Waals surface area contributed by atoms with E-state index in [0.29, 0.717) is 12.8 Å². The van der Waals surface area contributed by atoms with E-state index >= 15 is 0 Å². The number of hydrogen-bond donors (Lipinski definition) is 3. The van der Waals surface area contributed by atoms with Crippen LogP contribution in [0.1, 0.15) is 46.0 Å². The van der Waals surface area contributed by atoms with E-state index in [0.717, 1.165) is 0 Å². The van der Waals surface area contributed by atoms with E-state index in [-0.39, 0.29) is 65.2 Å². The first-order valence-electron chi connectivity index (χ1n) is 7.04. The van der Waals surface area contributed by atoms with E-state index in [1.165, 1.54) is 0 Å². The number of Topliss-reactive ketones (excluding diaryl/α,β-unsaturated/α-hetero) is 1. The molecule has 1 aliphatic carbocycles. The Morgan fingerprint density at radius 1 is 1.24 bits per heavy atom. The zero-order chi connectivity index (χ0) is 15.8. The molecule has 1 heterocycles. The van der Waals surface area contributed by atoms with Crippen LogP contribution in [0.15, 0.2) is 11.3 Å². The van der Waals surface area contributed by atoms with Gasteiger partial charge < -0.3 is 10.5 Å². The predicted octanol–water partition coefficient (Wildman–Crippen LogP) is 1.65. The molecule has 2 amide bonds. The highest BCUT2D eigenvalue weighted by Crippen LogP contribution is 2.35.